The van der Waals surface area contributed by atoms with Crippen LogP contribution in [0.4, 0.5) is 0 Å². The van der Waals surface area contributed by atoms with E-state index in [1.165, 1.54) is 0 Å². The van der Waals surface area contributed by atoms with Gasteiger partial charge >= 0.3 is 0 Å². The molecule has 0 spiro atoms. The van der Waals surface area contributed by atoms with Crippen molar-refractivity contribution >= 4 is 22.8 Å². The number of carbonyl (C=O) groups is 1. The molecule has 1 N–H and O–H groups in total. The number of aromatic hydroxyl groups is 1. The molecule has 1 aromatic carbocycles. The van der Waals surface area contributed by atoms with E-state index in [1.807, 2.05) is 12.2 Å². The zero-order chi connectivity index (χ0) is 11.1. The molecule has 3 rings (SSSR count). The van der Waals surface area contributed by atoms with Crippen LogP contribution in [0.2, 0.25) is 0 Å². The molecular weight excluding hydrogens is 202 g/mol. The average Bonchev–Trinajstić information content (AvgIpc) is 2.28. The summed E-state index contributed by atoms with van der Waals surface area (Å²) in [6.45, 7) is 0. The van der Waals surface area contributed by atoms with Crippen molar-refractivity contribution in [2.24, 2.45) is 0 Å². The Kier molecular flexibility index (Phi) is 1.80. The average molecular weight is 211 g/mol. The van der Waals surface area contributed by atoms with Gasteiger partial charge in [0.25, 0.3) is 0 Å². The Labute approximate surface area is 92.1 Å². The number of benzene rings is 1. The Morgan fingerprint density at radius 3 is 3.00 bits per heavy atom. The maximum Gasteiger partial charge on any atom is 0.168 e. The number of aromatic nitrogens is 1. The summed E-state index contributed by atoms with van der Waals surface area (Å²) in [5, 5.41) is 10.2. The highest BCUT2D eigenvalue weighted by Gasteiger charge is 2.15. The molecule has 0 atom stereocenters. The van der Waals surface area contributed by atoms with E-state index < -0.39 is 0 Å². The SMILES string of the molecule is O=C1CC=Cc2nc3ccc(O)cc3cc21. The third kappa shape index (κ3) is 1.29. The lowest BCUT2D eigenvalue weighted by Gasteiger charge is -2.09. The number of carbonyl (C=O) groups excluding carboxylic acids is 1. The largest absolute Gasteiger partial charge is 0.508 e. The van der Waals surface area contributed by atoms with Crippen LogP contribution < -0.4 is 0 Å². The van der Waals surface area contributed by atoms with E-state index in [-0.39, 0.29) is 11.5 Å². The minimum atomic E-state index is 0.0789. The molecule has 16 heavy (non-hydrogen) atoms. The van der Waals surface area contributed by atoms with Gasteiger partial charge in [0, 0.05) is 17.4 Å². The first-order chi connectivity index (χ1) is 7.74. The summed E-state index contributed by atoms with van der Waals surface area (Å²) >= 11 is 0. The molecular formula is C13H9NO2. The molecule has 3 nitrogen and oxygen atoms in total. The van der Waals surface area contributed by atoms with Crippen molar-refractivity contribution in [3.05, 3.63) is 41.6 Å². The van der Waals surface area contributed by atoms with Gasteiger partial charge in [0.2, 0.25) is 0 Å². The number of phenols is 1. The molecule has 0 amide bonds. The summed E-state index contributed by atoms with van der Waals surface area (Å²) in [6, 6.07) is 6.76. The van der Waals surface area contributed by atoms with Crippen LogP contribution in [-0.4, -0.2) is 15.9 Å². The van der Waals surface area contributed by atoms with Crippen LogP contribution in [-0.2, 0) is 0 Å². The van der Waals surface area contributed by atoms with E-state index in [4.69, 9.17) is 0 Å². The van der Waals surface area contributed by atoms with Gasteiger partial charge in [0.1, 0.15) is 5.75 Å². The molecule has 2 aromatic rings. The van der Waals surface area contributed by atoms with Crippen LogP contribution >= 0.6 is 0 Å². The molecule has 78 valence electrons. The van der Waals surface area contributed by atoms with Crippen molar-refractivity contribution in [3.8, 4) is 5.75 Å². The van der Waals surface area contributed by atoms with Crippen molar-refractivity contribution in [2.45, 2.75) is 6.42 Å². The minimum Gasteiger partial charge on any atom is -0.508 e. The summed E-state index contributed by atoms with van der Waals surface area (Å²) in [4.78, 5) is 16.0. The summed E-state index contributed by atoms with van der Waals surface area (Å²) in [5.74, 6) is 0.267. The van der Waals surface area contributed by atoms with Gasteiger partial charge in [-0.2, -0.15) is 0 Å². The van der Waals surface area contributed by atoms with Gasteiger partial charge in [-0.15, -0.1) is 0 Å². The third-order valence-corrected chi connectivity index (χ3v) is 2.71. The van der Waals surface area contributed by atoms with Crippen molar-refractivity contribution in [2.75, 3.05) is 0 Å². The van der Waals surface area contributed by atoms with Crippen molar-refractivity contribution < 1.29 is 9.90 Å². The van der Waals surface area contributed by atoms with E-state index in [1.54, 1.807) is 24.3 Å². The number of Topliss-reactive ketones (excluding diaryl/α,β-unsaturated/α-hetero) is 1. The van der Waals surface area contributed by atoms with Gasteiger partial charge in [-0.3, -0.25) is 4.79 Å². The quantitative estimate of drug-likeness (QED) is 0.728. The molecule has 0 aliphatic heterocycles. The highest BCUT2D eigenvalue weighted by Crippen LogP contribution is 2.24. The van der Waals surface area contributed by atoms with Gasteiger partial charge in [-0.25, -0.2) is 4.98 Å². The molecule has 0 radical (unpaired) electrons. The standard InChI is InChI=1S/C13H9NO2/c15-9-4-5-11-8(6-9)7-10-12(14-11)2-1-3-13(10)16/h1-2,4-7,15H,3H2. The molecule has 0 saturated heterocycles. The maximum absolute atomic E-state index is 11.7. The first-order valence-electron chi connectivity index (χ1n) is 5.07. The van der Waals surface area contributed by atoms with Crippen LogP contribution in [0.15, 0.2) is 30.3 Å². The Hall–Kier alpha value is -2.16. The van der Waals surface area contributed by atoms with E-state index in [2.05, 4.69) is 4.98 Å². The van der Waals surface area contributed by atoms with Crippen LogP contribution in [0.25, 0.3) is 17.0 Å². The molecule has 1 aromatic heterocycles. The van der Waals surface area contributed by atoms with E-state index in [0.717, 1.165) is 16.6 Å². The number of allylic oxidation sites excluding steroid dienone is 1. The highest BCUT2D eigenvalue weighted by atomic mass is 16.3. The van der Waals surface area contributed by atoms with Gasteiger partial charge in [-0.05, 0) is 30.3 Å². The minimum absolute atomic E-state index is 0.0789. The molecule has 1 aliphatic carbocycles. The number of fused-ring (bicyclic) bond motifs is 2. The van der Waals surface area contributed by atoms with Crippen LogP contribution in [0, 0.1) is 0 Å². The van der Waals surface area contributed by atoms with Crippen molar-refractivity contribution in [1.82, 2.24) is 4.98 Å². The second-order valence-corrected chi connectivity index (χ2v) is 3.83. The van der Waals surface area contributed by atoms with Gasteiger partial charge in [-0.1, -0.05) is 6.08 Å². The van der Waals surface area contributed by atoms with E-state index >= 15 is 0 Å². The molecule has 0 fully saturated rings. The zero-order valence-electron chi connectivity index (χ0n) is 8.47. The van der Waals surface area contributed by atoms with Crippen molar-refractivity contribution in [1.29, 1.82) is 0 Å². The lowest BCUT2D eigenvalue weighted by atomic mass is 9.99. The van der Waals surface area contributed by atoms with Crippen LogP contribution in [0.5, 0.6) is 5.75 Å². The first-order valence-corrected chi connectivity index (χ1v) is 5.07. The fourth-order valence-corrected chi connectivity index (χ4v) is 1.92. The number of hydrogen-bond donors (Lipinski definition) is 1. The second-order valence-electron chi connectivity index (χ2n) is 3.83. The fourth-order valence-electron chi connectivity index (χ4n) is 1.92. The number of ketones is 1. The van der Waals surface area contributed by atoms with Crippen molar-refractivity contribution in [3.63, 3.8) is 0 Å². The molecule has 3 heteroatoms. The topological polar surface area (TPSA) is 50.2 Å². The monoisotopic (exact) mass is 211 g/mol. The van der Waals surface area contributed by atoms with Gasteiger partial charge < -0.3 is 5.11 Å². The van der Waals surface area contributed by atoms with Crippen LogP contribution in [0.3, 0.4) is 0 Å². The molecule has 0 unspecified atom stereocenters. The summed E-state index contributed by atoms with van der Waals surface area (Å²) in [5.41, 5.74) is 2.14. The Bertz CT molecular complexity index is 629. The summed E-state index contributed by atoms with van der Waals surface area (Å²) in [7, 11) is 0. The fraction of sp³-hybridized carbons (Fsp3) is 0.0769. The third-order valence-electron chi connectivity index (χ3n) is 2.71. The number of phenolic OH excluding ortho intramolecular Hbond substituents is 1. The normalized spacial score (nSPS) is 14.1. The summed E-state index contributed by atoms with van der Waals surface area (Å²) in [6.07, 6.45) is 4.12. The van der Waals surface area contributed by atoms with Gasteiger partial charge in [0.15, 0.2) is 5.78 Å². The number of nitrogens with zero attached hydrogens (tertiary/aromatic N) is 1. The summed E-state index contributed by atoms with van der Waals surface area (Å²) < 4.78 is 0. The van der Waals surface area contributed by atoms with Gasteiger partial charge in [0.05, 0.1) is 11.2 Å². The predicted octanol–water partition coefficient (Wildman–Crippen LogP) is 2.54. The lowest BCUT2D eigenvalue weighted by Crippen LogP contribution is -2.06. The van der Waals surface area contributed by atoms with E-state index in [0.29, 0.717) is 12.0 Å². The highest BCUT2D eigenvalue weighted by molar-refractivity contribution is 6.04. The first kappa shape index (κ1) is 9.09. The molecule has 0 saturated carbocycles. The number of hydrogen-bond acceptors (Lipinski definition) is 3. The second kappa shape index (κ2) is 3.17. The molecule has 1 heterocycles. The Morgan fingerprint density at radius 2 is 2.12 bits per heavy atom. The molecule has 1 aliphatic rings. The lowest BCUT2D eigenvalue weighted by molar-refractivity contribution is 0.0994. The molecule has 0 bridgehead atoms. The maximum atomic E-state index is 11.7. The Balaban J connectivity index is 2.36. The predicted molar refractivity (Wildman–Crippen MR) is 61.4 cm³/mol. The zero-order valence-corrected chi connectivity index (χ0v) is 8.47. The smallest absolute Gasteiger partial charge is 0.168 e. The Morgan fingerprint density at radius 1 is 1.25 bits per heavy atom. The number of pyridine rings is 1. The van der Waals surface area contributed by atoms with Crippen LogP contribution in [0.1, 0.15) is 22.5 Å². The number of rotatable bonds is 0. The van der Waals surface area contributed by atoms with E-state index in [9.17, 15) is 9.90 Å².